The van der Waals surface area contributed by atoms with Gasteiger partial charge in [0.15, 0.2) is 5.96 Å². The van der Waals surface area contributed by atoms with Gasteiger partial charge in [-0.25, -0.2) is 4.79 Å². The molecule has 0 saturated carbocycles. The third-order valence-corrected chi connectivity index (χ3v) is 3.89. The van der Waals surface area contributed by atoms with Gasteiger partial charge in [-0.05, 0) is 49.5 Å². The zero-order chi connectivity index (χ0) is 24.9. The van der Waals surface area contributed by atoms with Gasteiger partial charge in [0.1, 0.15) is 6.04 Å². The molecule has 7 heteroatoms. The first-order valence-corrected chi connectivity index (χ1v) is 11.0. The van der Waals surface area contributed by atoms with Gasteiger partial charge in [0, 0.05) is 12.1 Å². The molecule has 0 saturated heterocycles. The minimum absolute atomic E-state index is 0.0449. The number of benzene rings is 1. The second kappa shape index (κ2) is 19.6. The molecule has 1 rings (SSSR count). The summed E-state index contributed by atoms with van der Waals surface area (Å²) in [4.78, 5) is 27.5. The summed E-state index contributed by atoms with van der Waals surface area (Å²) >= 11 is 0. The fraction of sp³-hybridized carbons (Fsp3) is 0.400. The van der Waals surface area contributed by atoms with E-state index in [0.717, 1.165) is 11.1 Å². The van der Waals surface area contributed by atoms with Crippen LogP contribution in [-0.4, -0.2) is 35.5 Å². The maximum absolute atomic E-state index is 12.4. The maximum Gasteiger partial charge on any atom is 0.326 e. The zero-order valence-electron chi connectivity index (χ0n) is 20.1. The highest BCUT2D eigenvalue weighted by atomic mass is 16.4. The Kier molecular flexibility index (Phi) is 18.9. The Morgan fingerprint density at radius 3 is 2.22 bits per heavy atom. The summed E-state index contributed by atoms with van der Waals surface area (Å²) in [5, 5.41) is 11.8. The molecule has 178 valence electrons. The lowest BCUT2D eigenvalue weighted by Crippen LogP contribution is -2.40. The van der Waals surface area contributed by atoms with E-state index in [9.17, 15) is 14.7 Å². The molecule has 0 aromatic heterocycles. The van der Waals surface area contributed by atoms with Crippen LogP contribution in [-0.2, 0) is 11.2 Å². The van der Waals surface area contributed by atoms with Gasteiger partial charge in [-0.15, -0.1) is 0 Å². The number of guanidine groups is 1. The number of carboxylic acid groups (broad SMARTS) is 1. The molecule has 1 aromatic rings. The molecule has 0 heterocycles. The number of aliphatic imine (C=N–C) groups is 1. The number of hydrogen-bond acceptors (Lipinski definition) is 3. The minimum Gasteiger partial charge on any atom is -0.480 e. The molecule has 0 spiro atoms. The maximum atomic E-state index is 12.4. The first-order valence-electron chi connectivity index (χ1n) is 11.0. The van der Waals surface area contributed by atoms with Crippen LogP contribution in [0.5, 0.6) is 0 Å². The van der Waals surface area contributed by atoms with E-state index in [2.05, 4.69) is 16.9 Å². The van der Waals surface area contributed by atoms with Crippen molar-refractivity contribution in [1.82, 2.24) is 5.32 Å². The highest BCUT2D eigenvalue weighted by molar-refractivity contribution is 5.96. The number of hydrogen-bond donors (Lipinski definition) is 4. The van der Waals surface area contributed by atoms with Crippen molar-refractivity contribution in [2.45, 2.75) is 59.9 Å². The van der Waals surface area contributed by atoms with Crippen LogP contribution in [0.15, 0.2) is 65.7 Å². The topological polar surface area (TPSA) is 131 Å². The molecule has 0 aliphatic carbocycles. The predicted octanol–water partition coefficient (Wildman–Crippen LogP) is 4.21. The van der Waals surface area contributed by atoms with Crippen molar-refractivity contribution in [2.75, 3.05) is 6.54 Å². The normalized spacial score (nSPS) is 11.2. The quantitative estimate of drug-likeness (QED) is 0.176. The average molecular weight is 445 g/mol. The van der Waals surface area contributed by atoms with E-state index in [0.29, 0.717) is 24.9 Å². The largest absolute Gasteiger partial charge is 0.480 e. The Morgan fingerprint density at radius 2 is 1.75 bits per heavy atom. The van der Waals surface area contributed by atoms with Crippen molar-refractivity contribution in [3.63, 3.8) is 0 Å². The van der Waals surface area contributed by atoms with Gasteiger partial charge < -0.3 is 21.9 Å². The first kappa shape index (κ1) is 30.8. The lowest BCUT2D eigenvalue weighted by molar-refractivity contribution is -0.139. The number of allylic oxidation sites excluding steroid dienone is 5. The number of nitrogens with zero attached hydrogens (tertiary/aromatic N) is 1. The fourth-order valence-electron chi connectivity index (χ4n) is 2.55. The number of rotatable bonds is 11. The van der Waals surface area contributed by atoms with Crippen LogP contribution >= 0.6 is 0 Å². The Balaban J connectivity index is 0. The van der Waals surface area contributed by atoms with Gasteiger partial charge in [-0.2, -0.15) is 0 Å². The van der Waals surface area contributed by atoms with Gasteiger partial charge in [-0.3, -0.25) is 9.79 Å². The summed E-state index contributed by atoms with van der Waals surface area (Å²) in [5.74, 6) is -1.58. The summed E-state index contributed by atoms with van der Waals surface area (Å²) in [6.07, 6.45) is 9.00. The van der Waals surface area contributed by atoms with E-state index in [1.165, 1.54) is 0 Å². The number of amides is 1. The molecule has 0 aliphatic rings. The molecule has 0 aliphatic heterocycles. The second-order valence-corrected chi connectivity index (χ2v) is 6.16. The average Bonchev–Trinajstić information content (AvgIpc) is 2.79. The van der Waals surface area contributed by atoms with Crippen molar-refractivity contribution in [3.8, 4) is 0 Å². The molecule has 6 N–H and O–H groups in total. The SMILES string of the molecule is C=C/C=C(\C=C/C)Cc1ccc(C(=O)NC(CCCN=C(N)N)C(=O)O)cc1.CC.CC. The highest BCUT2D eigenvalue weighted by Crippen LogP contribution is 2.12. The van der Waals surface area contributed by atoms with E-state index < -0.39 is 17.9 Å². The van der Waals surface area contributed by atoms with E-state index in [1.54, 1.807) is 18.2 Å². The summed E-state index contributed by atoms with van der Waals surface area (Å²) < 4.78 is 0. The predicted molar refractivity (Wildman–Crippen MR) is 135 cm³/mol. The Labute approximate surface area is 193 Å². The number of nitrogens with one attached hydrogen (secondary N) is 1. The van der Waals surface area contributed by atoms with Crippen LogP contribution in [0.2, 0.25) is 0 Å². The van der Waals surface area contributed by atoms with Crippen LogP contribution in [0.1, 0.15) is 63.4 Å². The van der Waals surface area contributed by atoms with Crippen LogP contribution in [0.25, 0.3) is 0 Å². The van der Waals surface area contributed by atoms with Gasteiger partial charge in [-0.1, -0.05) is 70.7 Å². The lowest BCUT2D eigenvalue weighted by atomic mass is 10.0. The first-order chi connectivity index (χ1) is 15.4. The van der Waals surface area contributed by atoms with Gasteiger partial charge in [0.05, 0.1) is 0 Å². The summed E-state index contributed by atoms with van der Waals surface area (Å²) in [6, 6.07) is 6.07. The molecule has 1 amide bonds. The summed E-state index contributed by atoms with van der Waals surface area (Å²) in [5.41, 5.74) is 13.0. The van der Waals surface area contributed by atoms with Gasteiger partial charge >= 0.3 is 5.97 Å². The standard InChI is InChI=1S/C21H28N4O3.2C2H6/c1-3-6-15(7-4-2)14-16-9-11-17(12-10-16)19(26)25-18(20(27)28)8-5-13-24-21(22)23;2*1-2/h3-4,6-7,9-12,18H,1,5,8,13-14H2,2H3,(H,25,26)(H,27,28)(H4,22,23,24);2*1-2H3/b7-4-,15-6+;;. The molecule has 7 nitrogen and oxygen atoms in total. The lowest BCUT2D eigenvalue weighted by Gasteiger charge is -2.14. The van der Waals surface area contributed by atoms with Crippen molar-refractivity contribution >= 4 is 17.8 Å². The van der Waals surface area contributed by atoms with Gasteiger partial charge in [0.25, 0.3) is 5.91 Å². The van der Waals surface area contributed by atoms with Crippen LogP contribution in [0.3, 0.4) is 0 Å². The minimum atomic E-state index is -1.10. The Morgan fingerprint density at radius 1 is 1.16 bits per heavy atom. The fourth-order valence-corrected chi connectivity index (χ4v) is 2.55. The molecule has 0 radical (unpaired) electrons. The molecule has 1 aromatic carbocycles. The van der Waals surface area contributed by atoms with E-state index in [-0.39, 0.29) is 12.4 Å². The van der Waals surface area contributed by atoms with Crippen LogP contribution in [0, 0.1) is 0 Å². The van der Waals surface area contributed by atoms with Crippen LogP contribution < -0.4 is 16.8 Å². The second-order valence-electron chi connectivity index (χ2n) is 6.16. The zero-order valence-corrected chi connectivity index (χ0v) is 20.1. The molecule has 0 fully saturated rings. The van der Waals surface area contributed by atoms with Crippen molar-refractivity contribution < 1.29 is 14.7 Å². The van der Waals surface area contributed by atoms with Crippen molar-refractivity contribution in [2.24, 2.45) is 16.5 Å². The van der Waals surface area contributed by atoms with Crippen molar-refractivity contribution in [3.05, 3.63) is 71.8 Å². The van der Waals surface area contributed by atoms with E-state index in [1.807, 2.05) is 65.0 Å². The van der Waals surface area contributed by atoms with Gasteiger partial charge in [0.2, 0.25) is 0 Å². The summed E-state index contributed by atoms with van der Waals surface area (Å²) in [6.45, 7) is 14.0. The Hall–Kier alpha value is -3.35. The molecule has 1 unspecified atom stereocenters. The summed E-state index contributed by atoms with van der Waals surface area (Å²) in [7, 11) is 0. The number of aliphatic carboxylic acids is 1. The highest BCUT2D eigenvalue weighted by Gasteiger charge is 2.20. The number of carbonyl (C=O) groups is 2. The number of carboxylic acids is 1. The third kappa shape index (κ3) is 13.8. The monoisotopic (exact) mass is 444 g/mol. The third-order valence-electron chi connectivity index (χ3n) is 3.89. The van der Waals surface area contributed by atoms with Crippen molar-refractivity contribution in [1.29, 1.82) is 0 Å². The number of nitrogens with two attached hydrogens (primary N) is 2. The van der Waals surface area contributed by atoms with E-state index in [4.69, 9.17) is 11.5 Å². The molecular formula is C25H40N4O3. The number of carbonyl (C=O) groups excluding carboxylic acids is 1. The molecule has 32 heavy (non-hydrogen) atoms. The van der Waals surface area contributed by atoms with E-state index >= 15 is 0 Å². The molecule has 0 bridgehead atoms. The Bertz CT molecular complexity index is 762. The van der Waals surface area contributed by atoms with Crippen LogP contribution in [0.4, 0.5) is 0 Å². The molecular weight excluding hydrogens is 404 g/mol. The smallest absolute Gasteiger partial charge is 0.326 e. The molecule has 1 atom stereocenters.